The first kappa shape index (κ1) is 23.3. The van der Waals surface area contributed by atoms with Crippen LogP contribution in [-0.4, -0.2) is 47.6 Å². The molecular formula is C24H29N5O3S. The van der Waals surface area contributed by atoms with Gasteiger partial charge in [0.2, 0.25) is 10.0 Å². The van der Waals surface area contributed by atoms with Gasteiger partial charge in [-0.15, -0.1) is 0 Å². The summed E-state index contributed by atoms with van der Waals surface area (Å²) in [5.74, 6) is 0.382. The van der Waals surface area contributed by atoms with Gasteiger partial charge < -0.3 is 10.4 Å². The summed E-state index contributed by atoms with van der Waals surface area (Å²) in [5, 5.41) is 18.1. The van der Waals surface area contributed by atoms with Gasteiger partial charge in [-0.1, -0.05) is 36.8 Å². The summed E-state index contributed by atoms with van der Waals surface area (Å²) in [7, 11) is -3.60. The smallest absolute Gasteiger partial charge is 0.213 e. The fourth-order valence-corrected chi connectivity index (χ4v) is 4.89. The Labute approximate surface area is 194 Å². The molecule has 1 fully saturated rings. The van der Waals surface area contributed by atoms with Gasteiger partial charge in [0.25, 0.3) is 0 Å². The van der Waals surface area contributed by atoms with Crippen molar-refractivity contribution in [1.82, 2.24) is 14.9 Å². The summed E-state index contributed by atoms with van der Waals surface area (Å²) in [6.07, 6.45) is 4.87. The SMILES string of the molecule is NS(=O)(=O)Cc1cccc(Nc2cc(-c3cccc(CN4CCCCC4CO)c3)ncn2)c1. The summed E-state index contributed by atoms with van der Waals surface area (Å²) in [4.78, 5) is 11.1. The normalized spacial score (nSPS) is 17.1. The van der Waals surface area contributed by atoms with E-state index in [1.807, 2.05) is 24.3 Å². The number of benzene rings is 2. The van der Waals surface area contributed by atoms with Gasteiger partial charge >= 0.3 is 0 Å². The Morgan fingerprint density at radius 2 is 1.88 bits per heavy atom. The van der Waals surface area contributed by atoms with Crippen LogP contribution in [0.2, 0.25) is 0 Å². The standard InChI is InChI=1S/C24H29N5O3S/c25-33(31,32)16-19-6-4-8-21(12-19)28-24-13-23(26-17-27-24)20-7-3-5-18(11-20)14-29-10-2-1-9-22(29)15-30/h3-8,11-13,17,22,30H,1-2,9-10,14-16H2,(H2,25,31,32)(H,26,27,28). The largest absolute Gasteiger partial charge is 0.395 e. The molecule has 1 aliphatic heterocycles. The van der Waals surface area contributed by atoms with Crippen LogP contribution in [0.1, 0.15) is 30.4 Å². The highest BCUT2D eigenvalue weighted by molar-refractivity contribution is 7.88. The minimum Gasteiger partial charge on any atom is -0.395 e. The summed E-state index contributed by atoms with van der Waals surface area (Å²) in [6.45, 7) is 1.99. The molecule has 0 amide bonds. The minimum absolute atomic E-state index is 0.193. The van der Waals surface area contributed by atoms with Crippen molar-refractivity contribution >= 4 is 21.5 Å². The van der Waals surface area contributed by atoms with E-state index in [0.29, 0.717) is 11.4 Å². The van der Waals surface area contributed by atoms with E-state index in [2.05, 4.69) is 32.3 Å². The molecule has 2 aromatic carbocycles. The Morgan fingerprint density at radius 3 is 2.70 bits per heavy atom. The van der Waals surface area contributed by atoms with Gasteiger partial charge in [0.15, 0.2) is 0 Å². The lowest BCUT2D eigenvalue weighted by Gasteiger charge is -2.34. The first-order chi connectivity index (χ1) is 15.9. The van der Waals surface area contributed by atoms with E-state index in [-0.39, 0.29) is 18.4 Å². The second-order valence-electron chi connectivity index (χ2n) is 8.42. The molecule has 1 aromatic heterocycles. The predicted octanol–water partition coefficient (Wildman–Crippen LogP) is 3.02. The number of aliphatic hydroxyl groups is 1. The van der Waals surface area contributed by atoms with Gasteiger partial charge in [-0.3, -0.25) is 4.90 Å². The Hall–Kier alpha value is -2.85. The van der Waals surface area contributed by atoms with E-state index >= 15 is 0 Å². The van der Waals surface area contributed by atoms with Crippen LogP contribution in [-0.2, 0) is 22.3 Å². The van der Waals surface area contributed by atoms with E-state index in [0.717, 1.165) is 42.9 Å². The van der Waals surface area contributed by atoms with Crippen molar-refractivity contribution < 1.29 is 13.5 Å². The molecule has 8 nitrogen and oxygen atoms in total. The number of nitrogens with one attached hydrogen (secondary N) is 1. The molecule has 1 saturated heterocycles. The summed E-state index contributed by atoms with van der Waals surface area (Å²) < 4.78 is 22.8. The molecule has 4 rings (SSSR count). The van der Waals surface area contributed by atoms with Gasteiger partial charge in [0.05, 0.1) is 18.1 Å². The Kier molecular flexibility index (Phi) is 7.34. The molecule has 0 saturated carbocycles. The molecular weight excluding hydrogens is 438 g/mol. The maximum atomic E-state index is 11.4. The maximum absolute atomic E-state index is 11.4. The third-order valence-electron chi connectivity index (χ3n) is 5.80. The fraction of sp³-hybridized carbons (Fsp3) is 0.333. The first-order valence-electron chi connectivity index (χ1n) is 11.0. The number of likely N-dealkylation sites (tertiary alicyclic amines) is 1. The van der Waals surface area contributed by atoms with Crippen LogP contribution >= 0.6 is 0 Å². The second-order valence-corrected chi connectivity index (χ2v) is 10.0. The fourth-order valence-electron chi connectivity index (χ4n) is 4.24. The van der Waals surface area contributed by atoms with Crippen LogP contribution < -0.4 is 10.5 Å². The van der Waals surface area contributed by atoms with Crippen molar-refractivity contribution in [3.8, 4) is 11.3 Å². The van der Waals surface area contributed by atoms with E-state index in [1.165, 1.54) is 18.3 Å². The van der Waals surface area contributed by atoms with Gasteiger partial charge in [-0.25, -0.2) is 23.5 Å². The highest BCUT2D eigenvalue weighted by Gasteiger charge is 2.21. The van der Waals surface area contributed by atoms with E-state index in [4.69, 9.17) is 5.14 Å². The number of sulfonamides is 1. The number of anilines is 2. The number of aliphatic hydroxyl groups excluding tert-OH is 1. The summed E-state index contributed by atoms with van der Waals surface area (Å²) >= 11 is 0. The van der Waals surface area contributed by atoms with Crippen LogP contribution in [0.3, 0.4) is 0 Å². The number of rotatable bonds is 8. The second kappa shape index (κ2) is 10.4. The number of aromatic nitrogens is 2. The number of nitrogens with zero attached hydrogens (tertiary/aromatic N) is 3. The summed E-state index contributed by atoms with van der Waals surface area (Å²) in [5.41, 5.74) is 4.26. The van der Waals surface area contributed by atoms with Crippen molar-refractivity contribution in [1.29, 1.82) is 0 Å². The van der Waals surface area contributed by atoms with E-state index < -0.39 is 10.0 Å². The quantitative estimate of drug-likeness (QED) is 0.465. The average Bonchev–Trinajstić information content (AvgIpc) is 2.79. The zero-order valence-electron chi connectivity index (χ0n) is 18.4. The number of hydrogen-bond donors (Lipinski definition) is 3. The number of piperidine rings is 1. The number of nitrogens with two attached hydrogens (primary N) is 1. The molecule has 4 N–H and O–H groups in total. The van der Waals surface area contributed by atoms with Crippen molar-refractivity contribution in [2.75, 3.05) is 18.5 Å². The zero-order chi connectivity index (χ0) is 23.3. The van der Waals surface area contributed by atoms with Gasteiger partial charge in [-0.2, -0.15) is 0 Å². The van der Waals surface area contributed by atoms with Crippen molar-refractivity contribution in [3.05, 3.63) is 72.1 Å². The lowest BCUT2D eigenvalue weighted by atomic mass is 10.0. The molecule has 174 valence electrons. The molecule has 3 aromatic rings. The molecule has 1 unspecified atom stereocenters. The molecule has 33 heavy (non-hydrogen) atoms. The van der Waals surface area contributed by atoms with Gasteiger partial charge in [0.1, 0.15) is 12.1 Å². The van der Waals surface area contributed by atoms with Crippen molar-refractivity contribution in [3.63, 3.8) is 0 Å². The molecule has 2 heterocycles. The van der Waals surface area contributed by atoms with Crippen LogP contribution in [0.5, 0.6) is 0 Å². The summed E-state index contributed by atoms with van der Waals surface area (Å²) in [6, 6.07) is 17.4. The highest BCUT2D eigenvalue weighted by Crippen LogP contribution is 2.25. The lowest BCUT2D eigenvalue weighted by molar-refractivity contribution is 0.0841. The van der Waals surface area contributed by atoms with E-state index in [1.54, 1.807) is 18.2 Å². The average molecular weight is 468 g/mol. The molecule has 1 aliphatic rings. The van der Waals surface area contributed by atoms with Crippen LogP contribution in [0.25, 0.3) is 11.3 Å². The topological polar surface area (TPSA) is 121 Å². The highest BCUT2D eigenvalue weighted by atomic mass is 32.2. The minimum atomic E-state index is -3.60. The van der Waals surface area contributed by atoms with Gasteiger partial charge in [0, 0.05) is 29.9 Å². The van der Waals surface area contributed by atoms with E-state index in [9.17, 15) is 13.5 Å². The molecule has 0 radical (unpaired) electrons. The van der Waals surface area contributed by atoms with Gasteiger partial charge in [-0.05, 0) is 48.7 Å². The monoisotopic (exact) mass is 467 g/mol. The molecule has 0 spiro atoms. The third-order valence-corrected chi connectivity index (χ3v) is 6.54. The first-order valence-corrected chi connectivity index (χ1v) is 12.7. The molecule has 1 atom stereocenters. The number of hydrogen-bond acceptors (Lipinski definition) is 7. The van der Waals surface area contributed by atoms with Crippen molar-refractivity contribution in [2.45, 2.75) is 37.6 Å². The Bertz CT molecular complexity index is 1200. The molecule has 0 aliphatic carbocycles. The van der Waals surface area contributed by atoms with Crippen LogP contribution in [0, 0.1) is 0 Å². The zero-order valence-corrected chi connectivity index (χ0v) is 19.2. The number of primary sulfonamides is 1. The Morgan fingerprint density at radius 1 is 1.06 bits per heavy atom. The predicted molar refractivity (Wildman–Crippen MR) is 129 cm³/mol. The third kappa shape index (κ3) is 6.58. The molecule has 0 bridgehead atoms. The van der Waals surface area contributed by atoms with Crippen LogP contribution in [0.4, 0.5) is 11.5 Å². The lowest BCUT2D eigenvalue weighted by Crippen LogP contribution is -2.41. The Balaban J connectivity index is 1.50. The molecule has 9 heteroatoms. The maximum Gasteiger partial charge on any atom is 0.213 e. The van der Waals surface area contributed by atoms with Crippen LogP contribution in [0.15, 0.2) is 60.9 Å². The van der Waals surface area contributed by atoms with Crippen molar-refractivity contribution in [2.24, 2.45) is 5.14 Å².